The number of nitrogens with one attached hydrogen (secondary N) is 1. The molecule has 1 amide bonds. The SMILES string of the molecule is CCCC1(C(=O)N2CC(O)(C(C)C)C2)CCNC1. The normalized spacial score (nSPS) is 30.6. The summed E-state index contributed by atoms with van der Waals surface area (Å²) >= 11 is 0. The summed E-state index contributed by atoms with van der Waals surface area (Å²) in [5.74, 6) is 0.463. The zero-order valence-corrected chi connectivity index (χ0v) is 11.8. The van der Waals surface area contributed by atoms with E-state index in [4.69, 9.17) is 0 Å². The first-order valence-corrected chi connectivity index (χ1v) is 7.16. The number of nitrogens with zero attached hydrogens (tertiary/aromatic N) is 1. The van der Waals surface area contributed by atoms with Gasteiger partial charge in [0.15, 0.2) is 0 Å². The molecule has 0 aromatic rings. The number of β-amino-alcohol motifs (C(OH)–C–C–N with tert-alkyl or cyclic N) is 1. The highest BCUT2D eigenvalue weighted by atomic mass is 16.3. The standard InChI is InChI=1S/C14H26N2O2/c1-4-5-13(6-7-15-8-13)12(17)16-9-14(18,10-16)11(2)3/h11,15,18H,4-10H2,1-3H3. The Kier molecular flexibility index (Phi) is 3.70. The molecule has 4 nitrogen and oxygen atoms in total. The number of hydrogen-bond acceptors (Lipinski definition) is 3. The summed E-state index contributed by atoms with van der Waals surface area (Å²) in [4.78, 5) is 14.5. The zero-order chi connectivity index (χ0) is 13.4. The van der Waals surface area contributed by atoms with E-state index in [-0.39, 0.29) is 17.2 Å². The molecule has 0 bridgehead atoms. The fourth-order valence-corrected chi connectivity index (χ4v) is 3.18. The van der Waals surface area contributed by atoms with Crippen molar-refractivity contribution in [2.45, 2.75) is 45.6 Å². The van der Waals surface area contributed by atoms with Gasteiger partial charge in [-0.15, -0.1) is 0 Å². The Labute approximate surface area is 110 Å². The molecule has 2 heterocycles. The number of likely N-dealkylation sites (tertiary alicyclic amines) is 1. The van der Waals surface area contributed by atoms with E-state index in [1.54, 1.807) is 0 Å². The van der Waals surface area contributed by atoms with Crippen LogP contribution in [0.2, 0.25) is 0 Å². The van der Waals surface area contributed by atoms with E-state index in [9.17, 15) is 9.90 Å². The van der Waals surface area contributed by atoms with E-state index in [2.05, 4.69) is 12.2 Å². The van der Waals surface area contributed by atoms with Gasteiger partial charge in [0.05, 0.1) is 18.5 Å². The Morgan fingerprint density at radius 2 is 2.11 bits per heavy atom. The summed E-state index contributed by atoms with van der Waals surface area (Å²) in [6.45, 7) is 8.92. The van der Waals surface area contributed by atoms with E-state index in [1.807, 2.05) is 18.7 Å². The van der Waals surface area contributed by atoms with Crippen LogP contribution in [-0.4, -0.2) is 47.7 Å². The summed E-state index contributed by atoms with van der Waals surface area (Å²) in [7, 11) is 0. The van der Waals surface area contributed by atoms with Gasteiger partial charge >= 0.3 is 0 Å². The van der Waals surface area contributed by atoms with Gasteiger partial charge in [0.1, 0.15) is 5.60 Å². The molecule has 2 aliphatic heterocycles. The van der Waals surface area contributed by atoms with Crippen LogP contribution in [0.3, 0.4) is 0 Å². The minimum Gasteiger partial charge on any atom is -0.386 e. The lowest BCUT2D eigenvalue weighted by molar-refractivity contribution is -0.173. The quantitative estimate of drug-likeness (QED) is 0.787. The average molecular weight is 254 g/mol. The van der Waals surface area contributed by atoms with Crippen molar-refractivity contribution in [3.8, 4) is 0 Å². The molecule has 2 rings (SSSR count). The Balaban J connectivity index is 2.00. The monoisotopic (exact) mass is 254 g/mol. The van der Waals surface area contributed by atoms with E-state index in [1.165, 1.54) is 0 Å². The fraction of sp³-hybridized carbons (Fsp3) is 0.929. The van der Waals surface area contributed by atoms with Crippen LogP contribution in [0.15, 0.2) is 0 Å². The second-order valence-corrected chi connectivity index (χ2v) is 6.38. The van der Waals surface area contributed by atoms with Crippen molar-refractivity contribution in [1.82, 2.24) is 10.2 Å². The lowest BCUT2D eigenvalue weighted by atomic mass is 9.77. The van der Waals surface area contributed by atoms with Gasteiger partial charge in [-0.25, -0.2) is 0 Å². The molecule has 4 heteroatoms. The molecule has 0 radical (unpaired) electrons. The Morgan fingerprint density at radius 3 is 2.56 bits per heavy atom. The molecule has 0 aromatic carbocycles. The van der Waals surface area contributed by atoms with E-state index in [0.717, 1.165) is 32.4 Å². The molecule has 0 aliphatic carbocycles. The minimum atomic E-state index is -0.658. The molecule has 2 N–H and O–H groups in total. The lowest BCUT2D eigenvalue weighted by Crippen LogP contribution is -2.68. The fourth-order valence-electron chi connectivity index (χ4n) is 3.18. The van der Waals surface area contributed by atoms with Gasteiger partial charge in [-0.05, 0) is 25.3 Å². The molecule has 0 aromatic heterocycles. The number of rotatable bonds is 4. The van der Waals surface area contributed by atoms with Crippen LogP contribution in [0.1, 0.15) is 40.0 Å². The summed E-state index contributed by atoms with van der Waals surface area (Å²) in [6, 6.07) is 0. The smallest absolute Gasteiger partial charge is 0.230 e. The van der Waals surface area contributed by atoms with Crippen molar-refractivity contribution in [1.29, 1.82) is 0 Å². The number of hydrogen-bond donors (Lipinski definition) is 2. The lowest BCUT2D eigenvalue weighted by Gasteiger charge is -2.51. The molecule has 104 valence electrons. The highest BCUT2D eigenvalue weighted by Gasteiger charge is 2.51. The van der Waals surface area contributed by atoms with Gasteiger partial charge in [-0.1, -0.05) is 27.2 Å². The largest absolute Gasteiger partial charge is 0.386 e. The molecule has 2 saturated heterocycles. The van der Waals surface area contributed by atoms with Crippen molar-refractivity contribution in [3.63, 3.8) is 0 Å². The molecular formula is C14H26N2O2. The van der Waals surface area contributed by atoms with E-state index < -0.39 is 5.60 Å². The van der Waals surface area contributed by atoms with Crippen LogP contribution in [-0.2, 0) is 4.79 Å². The maximum Gasteiger partial charge on any atom is 0.230 e. The molecule has 1 unspecified atom stereocenters. The number of aliphatic hydroxyl groups is 1. The Bertz CT molecular complexity index is 316. The number of carbonyl (C=O) groups excluding carboxylic acids is 1. The third-order valence-corrected chi connectivity index (χ3v) is 4.72. The van der Waals surface area contributed by atoms with Gasteiger partial charge in [0, 0.05) is 6.54 Å². The molecule has 1 atom stereocenters. The molecule has 0 saturated carbocycles. The second-order valence-electron chi connectivity index (χ2n) is 6.38. The van der Waals surface area contributed by atoms with Crippen LogP contribution in [0.5, 0.6) is 0 Å². The second kappa shape index (κ2) is 4.82. The van der Waals surface area contributed by atoms with Crippen molar-refractivity contribution in [2.75, 3.05) is 26.2 Å². The van der Waals surface area contributed by atoms with E-state index >= 15 is 0 Å². The molecule has 2 aliphatic rings. The Morgan fingerprint density at radius 1 is 1.44 bits per heavy atom. The van der Waals surface area contributed by atoms with Gasteiger partial charge < -0.3 is 15.3 Å². The maximum absolute atomic E-state index is 12.6. The average Bonchev–Trinajstić information content (AvgIpc) is 2.74. The van der Waals surface area contributed by atoms with Gasteiger partial charge in [0.2, 0.25) is 5.91 Å². The highest BCUT2D eigenvalue weighted by molar-refractivity contribution is 5.84. The summed E-state index contributed by atoms with van der Waals surface area (Å²) < 4.78 is 0. The summed E-state index contributed by atoms with van der Waals surface area (Å²) in [6.07, 6.45) is 2.93. The van der Waals surface area contributed by atoms with Crippen LogP contribution in [0, 0.1) is 11.3 Å². The maximum atomic E-state index is 12.6. The predicted molar refractivity (Wildman–Crippen MR) is 71.2 cm³/mol. The van der Waals surface area contributed by atoms with Crippen molar-refractivity contribution >= 4 is 5.91 Å². The molecular weight excluding hydrogens is 228 g/mol. The molecule has 0 spiro atoms. The van der Waals surface area contributed by atoms with Crippen molar-refractivity contribution in [2.24, 2.45) is 11.3 Å². The number of carbonyl (C=O) groups is 1. The zero-order valence-electron chi connectivity index (χ0n) is 11.8. The first-order valence-electron chi connectivity index (χ1n) is 7.16. The molecule has 18 heavy (non-hydrogen) atoms. The summed E-state index contributed by atoms with van der Waals surface area (Å²) in [5, 5.41) is 13.6. The van der Waals surface area contributed by atoms with Gasteiger partial charge in [0.25, 0.3) is 0 Å². The minimum absolute atomic E-state index is 0.201. The van der Waals surface area contributed by atoms with Crippen LogP contribution in [0.4, 0.5) is 0 Å². The van der Waals surface area contributed by atoms with Crippen LogP contribution >= 0.6 is 0 Å². The Hall–Kier alpha value is -0.610. The third-order valence-electron chi connectivity index (χ3n) is 4.72. The van der Waals surface area contributed by atoms with Crippen molar-refractivity contribution < 1.29 is 9.90 Å². The van der Waals surface area contributed by atoms with Crippen LogP contribution < -0.4 is 5.32 Å². The van der Waals surface area contributed by atoms with E-state index in [0.29, 0.717) is 13.1 Å². The first-order chi connectivity index (χ1) is 8.43. The number of amides is 1. The topological polar surface area (TPSA) is 52.6 Å². The highest BCUT2D eigenvalue weighted by Crippen LogP contribution is 2.38. The molecule has 2 fully saturated rings. The van der Waals surface area contributed by atoms with Crippen molar-refractivity contribution in [3.05, 3.63) is 0 Å². The predicted octanol–water partition coefficient (Wildman–Crippen LogP) is 0.995. The van der Waals surface area contributed by atoms with Crippen LogP contribution in [0.25, 0.3) is 0 Å². The summed E-state index contributed by atoms with van der Waals surface area (Å²) in [5.41, 5.74) is -0.859. The van der Waals surface area contributed by atoms with Gasteiger partial charge in [-0.2, -0.15) is 0 Å². The van der Waals surface area contributed by atoms with Gasteiger partial charge in [-0.3, -0.25) is 4.79 Å². The third kappa shape index (κ3) is 2.16. The first kappa shape index (κ1) is 13.8.